The molecule has 0 unspecified atom stereocenters. The van der Waals surface area contributed by atoms with Crippen LogP contribution in [0.2, 0.25) is 0 Å². The van der Waals surface area contributed by atoms with Gasteiger partial charge in [-0.15, -0.1) is 0 Å². The third-order valence-electron chi connectivity index (χ3n) is 4.82. The summed E-state index contributed by atoms with van der Waals surface area (Å²) in [5, 5.41) is 5.06. The number of nitrogens with zero attached hydrogens (tertiary/aromatic N) is 1. The minimum atomic E-state index is -4.99. The molecule has 1 aromatic heterocycles. The van der Waals surface area contributed by atoms with Crippen LogP contribution < -0.4 is 15.4 Å². The predicted octanol–water partition coefficient (Wildman–Crippen LogP) is 4.92. The minimum absolute atomic E-state index is 0.209. The Hall–Kier alpha value is -3.65. The van der Waals surface area contributed by atoms with Gasteiger partial charge in [-0.1, -0.05) is 0 Å². The molecule has 1 heterocycles. The van der Waals surface area contributed by atoms with Crippen LogP contribution in [-0.4, -0.2) is 19.4 Å². The van der Waals surface area contributed by atoms with Crippen LogP contribution in [0.3, 0.4) is 0 Å². The summed E-state index contributed by atoms with van der Waals surface area (Å²) in [6, 6.07) is 8.25. The number of nitrogens with one attached hydrogen (secondary N) is 3. The Bertz CT molecular complexity index is 1310. The standard InChI is InChI=1S/C22H18F6N4O3S/c23-21(24,25)16-1-6-19(22(26,27)28)15(11-16)13-31-36(34,35)18-4-2-17(3-5-18)32-20(33)30-12-14-7-9-29-10-8-14/h1-11,31H,12-13H2,(H2,30,32,33). The summed E-state index contributed by atoms with van der Waals surface area (Å²) in [6.07, 6.45) is -6.79. The number of pyridine rings is 1. The molecule has 3 rings (SSSR count). The maximum atomic E-state index is 13.2. The van der Waals surface area contributed by atoms with Crippen molar-refractivity contribution in [3.8, 4) is 0 Å². The Labute approximate surface area is 201 Å². The maximum absolute atomic E-state index is 13.2. The van der Waals surface area contributed by atoms with Gasteiger partial charge >= 0.3 is 18.4 Å². The third kappa shape index (κ3) is 7.18. The molecule has 0 saturated carbocycles. The molecule has 3 N–H and O–H groups in total. The van der Waals surface area contributed by atoms with Gasteiger partial charge < -0.3 is 10.6 Å². The van der Waals surface area contributed by atoms with Crippen molar-refractivity contribution in [3.05, 3.63) is 89.2 Å². The lowest BCUT2D eigenvalue weighted by molar-refractivity contribution is -0.141. The molecule has 0 saturated heterocycles. The van der Waals surface area contributed by atoms with Gasteiger partial charge in [-0.05, 0) is 65.7 Å². The van der Waals surface area contributed by atoms with E-state index in [1.54, 1.807) is 24.5 Å². The fourth-order valence-electron chi connectivity index (χ4n) is 3.02. The van der Waals surface area contributed by atoms with Crippen molar-refractivity contribution in [1.82, 2.24) is 15.0 Å². The Balaban J connectivity index is 1.67. The molecule has 192 valence electrons. The monoisotopic (exact) mass is 532 g/mol. The Morgan fingerprint density at radius 3 is 2.06 bits per heavy atom. The van der Waals surface area contributed by atoms with Crippen molar-refractivity contribution in [3.63, 3.8) is 0 Å². The van der Waals surface area contributed by atoms with E-state index in [4.69, 9.17) is 0 Å². The lowest BCUT2D eigenvalue weighted by Crippen LogP contribution is -2.28. The normalized spacial score (nSPS) is 12.3. The second-order valence-electron chi connectivity index (χ2n) is 7.38. The lowest BCUT2D eigenvalue weighted by atomic mass is 10.0. The number of urea groups is 1. The van der Waals surface area contributed by atoms with E-state index in [9.17, 15) is 39.6 Å². The van der Waals surface area contributed by atoms with E-state index in [1.807, 2.05) is 4.72 Å². The maximum Gasteiger partial charge on any atom is 0.416 e. The van der Waals surface area contributed by atoms with Gasteiger partial charge in [0.15, 0.2) is 0 Å². The van der Waals surface area contributed by atoms with Crippen LogP contribution in [0.4, 0.5) is 36.8 Å². The van der Waals surface area contributed by atoms with Crippen molar-refractivity contribution in [2.75, 3.05) is 5.32 Å². The fraction of sp³-hybridized carbons (Fsp3) is 0.182. The average molecular weight is 532 g/mol. The summed E-state index contributed by atoms with van der Waals surface area (Å²) in [7, 11) is -4.39. The molecule has 0 fully saturated rings. The molecule has 0 radical (unpaired) electrons. The Morgan fingerprint density at radius 1 is 0.833 bits per heavy atom. The largest absolute Gasteiger partial charge is 0.416 e. The van der Waals surface area contributed by atoms with Crippen molar-refractivity contribution in [2.45, 2.75) is 30.3 Å². The first kappa shape index (κ1) is 26.9. The molecule has 7 nitrogen and oxygen atoms in total. The average Bonchev–Trinajstić information content (AvgIpc) is 2.81. The Morgan fingerprint density at radius 2 is 1.47 bits per heavy atom. The van der Waals surface area contributed by atoms with Gasteiger partial charge in [-0.2, -0.15) is 26.3 Å². The van der Waals surface area contributed by atoms with Gasteiger partial charge in [0.2, 0.25) is 10.0 Å². The number of carbonyl (C=O) groups excluding carboxylic acids is 1. The zero-order chi connectivity index (χ0) is 26.6. The summed E-state index contributed by atoms with van der Waals surface area (Å²) < 4.78 is 105. The summed E-state index contributed by atoms with van der Waals surface area (Å²) in [6.45, 7) is -0.821. The highest BCUT2D eigenvalue weighted by atomic mass is 32.2. The number of amides is 2. The van der Waals surface area contributed by atoms with Crippen molar-refractivity contribution >= 4 is 21.7 Å². The van der Waals surface area contributed by atoms with Gasteiger partial charge in [0.25, 0.3) is 0 Å². The van der Waals surface area contributed by atoms with E-state index in [0.29, 0.717) is 0 Å². The van der Waals surface area contributed by atoms with E-state index in [1.165, 1.54) is 12.1 Å². The van der Waals surface area contributed by atoms with Gasteiger partial charge in [0.05, 0.1) is 16.0 Å². The van der Waals surface area contributed by atoms with Gasteiger partial charge in [-0.25, -0.2) is 17.9 Å². The number of alkyl halides is 6. The summed E-state index contributed by atoms with van der Waals surface area (Å²) in [4.78, 5) is 15.5. The van der Waals surface area contributed by atoms with E-state index in [0.717, 1.165) is 17.7 Å². The van der Waals surface area contributed by atoms with Crippen LogP contribution in [-0.2, 0) is 35.5 Å². The molecule has 2 amide bonds. The molecule has 2 aromatic carbocycles. The number of carbonyl (C=O) groups is 1. The molecule has 14 heteroatoms. The second-order valence-corrected chi connectivity index (χ2v) is 9.15. The highest BCUT2D eigenvalue weighted by molar-refractivity contribution is 7.89. The number of benzene rings is 2. The summed E-state index contributed by atoms with van der Waals surface area (Å²) >= 11 is 0. The molecular formula is C22H18F6N4O3S. The van der Waals surface area contributed by atoms with Crippen molar-refractivity contribution < 1.29 is 39.6 Å². The van der Waals surface area contributed by atoms with Gasteiger partial charge in [0, 0.05) is 31.2 Å². The number of halogens is 6. The molecule has 0 spiro atoms. The number of anilines is 1. The molecule has 0 bridgehead atoms. The van der Waals surface area contributed by atoms with Crippen LogP contribution in [0.15, 0.2) is 71.9 Å². The SMILES string of the molecule is O=C(NCc1ccncc1)Nc1ccc(S(=O)(=O)NCc2cc(C(F)(F)F)ccc2C(F)(F)F)cc1. The molecule has 0 atom stereocenters. The molecule has 36 heavy (non-hydrogen) atoms. The summed E-state index contributed by atoms with van der Waals surface area (Å²) in [5.41, 5.74) is -2.61. The number of rotatable bonds is 7. The summed E-state index contributed by atoms with van der Waals surface area (Å²) in [5.74, 6) is 0. The first-order valence-corrected chi connectivity index (χ1v) is 11.5. The van der Waals surface area contributed by atoms with Crippen LogP contribution in [0.5, 0.6) is 0 Å². The third-order valence-corrected chi connectivity index (χ3v) is 6.23. The highest BCUT2D eigenvalue weighted by Gasteiger charge is 2.37. The molecule has 0 aliphatic carbocycles. The number of hydrogen-bond donors (Lipinski definition) is 3. The van der Waals surface area contributed by atoms with Crippen LogP contribution in [0, 0.1) is 0 Å². The Kier molecular flexibility index (Phi) is 7.89. The van der Waals surface area contributed by atoms with Crippen molar-refractivity contribution in [1.29, 1.82) is 0 Å². The van der Waals surface area contributed by atoms with E-state index >= 15 is 0 Å². The molecule has 0 aliphatic heterocycles. The van der Waals surface area contributed by atoms with Crippen LogP contribution >= 0.6 is 0 Å². The second kappa shape index (κ2) is 10.5. The topological polar surface area (TPSA) is 100 Å². The molecular weight excluding hydrogens is 514 g/mol. The van der Waals surface area contributed by atoms with E-state index < -0.39 is 51.6 Å². The van der Waals surface area contributed by atoms with Gasteiger partial charge in [-0.3, -0.25) is 4.98 Å². The number of aromatic nitrogens is 1. The number of hydrogen-bond acceptors (Lipinski definition) is 4. The van der Waals surface area contributed by atoms with E-state index in [-0.39, 0.29) is 35.3 Å². The van der Waals surface area contributed by atoms with Crippen LogP contribution in [0.25, 0.3) is 0 Å². The van der Waals surface area contributed by atoms with Crippen molar-refractivity contribution in [2.24, 2.45) is 0 Å². The predicted molar refractivity (Wildman–Crippen MR) is 117 cm³/mol. The smallest absolute Gasteiger partial charge is 0.334 e. The first-order valence-electron chi connectivity index (χ1n) is 10.1. The highest BCUT2D eigenvalue weighted by Crippen LogP contribution is 2.36. The minimum Gasteiger partial charge on any atom is -0.334 e. The molecule has 3 aromatic rings. The quantitative estimate of drug-likeness (QED) is 0.376. The number of sulfonamides is 1. The zero-order valence-electron chi connectivity index (χ0n) is 18.1. The molecule has 0 aliphatic rings. The van der Waals surface area contributed by atoms with Crippen LogP contribution in [0.1, 0.15) is 22.3 Å². The first-order chi connectivity index (χ1) is 16.8. The lowest BCUT2D eigenvalue weighted by Gasteiger charge is -2.16. The van der Waals surface area contributed by atoms with E-state index in [2.05, 4.69) is 15.6 Å². The van der Waals surface area contributed by atoms with Gasteiger partial charge in [0.1, 0.15) is 0 Å². The fourth-order valence-corrected chi connectivity index (χ4v) is 4.03. The zero-order valence-corrected chi connectivity index (χ0v) is 18.9.